The summed E-state index contributed by atoms with van der Waals surface area (Å²) in [4.78, 5) is 12.4. The number of nitrogens with zero attached hydrogens (tertiary/aromatic N) is 3. The lowest BCUT2D eigenvalue weighted by atomic mass is 10.2. The number of ether oxygens (including phenoxy) is 1. The van der Waals surface area contributed by atoms with Gasteiger partial charge in [-0.05, 0) is 42.8 Å². The van der Waals surface area contributed by atoms with Crippen LogP contribution in [0, 0.1) is 6.92 Å². The van der Waals surface area contributed by atoms with Crippen LogP contribution in [-0.4, -0.2) is 26.4 Å². The Hall–Kier alpha value is -2.19. The fraction of sp³-hybridized carbons (Fsp3) is 0.190. The summed E-state index contributed by atoms with van der Waals surface area (Å²) >= 11 is 19.4. The van der Waals surface area contributed by atoms with E-state index in [1.807, 2.05) is 23.6 Å². The van der Waals surface area contributed by atoms with Crippen molar-refractivity contribution in [1.29, 1.82) is 0 Å². The number of thioether (sulfide) groups is 1. The van der Waals surface area contributed by atoms with Crippen molar-refractivity contribution in [1.82, 2.24) is 14.8 Å². The summed E-state index contributed by atoms with van der Waals surface area (Å²) in [6.07, 6.45) is 1.73. The fourth-order valence-corrected chi connectivity index (χ4v) is 4.17. The van der Waals surface area contributed by atoms with Crippen LogP contribution < -0.4 is 10.1 Å². The Morgan fingerprint density at radius 1 is 1.23 bits per heavy atom. The minimum Gasteiger partial charge on any atom is -0.485 e. The van der Waals surface area contributed by atoms with Crippen LogP contribution in [0.2, 0.25) is 15.1 Å². The molecule has 0 radical (unpaired) electrons. The summed E-state index contributed by atoms with van der Waals surface area (Å²) in [5.74, 6) is 1.17. The molecule has 1 amide bonds. The summed E-state index contributed by atoms with van der Waals surface area (Å²) in [6.45, 7) is 6.39. The highest BCUT2D eigenvalue weighted by Crippen LogP contribution is 2.30. The zero-order chi connectivity index (χ0) is 22.4. The van der Waals surface area contributed by atoms with Gasteiger partial charge in [-0.2, -0.15) is 0 Å². The molecule has 31 heavy (non-hydrogen) atoms. The van der Waals surface area contributed by atoms with Gasteiger partial charge in [0.2, 0.25) is 5.91 Å². The number of benzene rings is 2. The first-order valence-electron chi connectivity index (χ1n) is 9.17. The molecule has 0 fully saturated rings. The molecule has 0 saturated heterocycles. The summed E-state index contributed by atoms with van der Waals surface area (Å²) < 4.78 is 7.72. The van der Waals surface area contributed by atoms with Gasteiger partial charge in [-0.25, -0.2) is 0 Å². The molecule has 1 aromatic heterocycles. The van der Waals surface area contributed by atoms with E-state index in [2.05, 4.69) is 22.1 Å². The Labute approximate surface area is 199 Å². The van der Waals surface area contributed by atoms with Gasteiger partial charge >= 0.3 is 0 Å². The van der Waals surface area contributed by atoms with E-state index in [0.29, 0.717) is 44.0 Å². The van der Waals surface area contributed by atoms with Gasteiger partial charge < -0.3 is 10.1 Å². The van der Waals surface area contributed by atoms with Gasteiger partial charge in [-0.15, -0.1) is 16.8 Å². The second kappa shape index (κ2) is 10.9. The predicted molar refractivity (Wildman–Crippen MR) is 127 cm³/mol. The molecule has 0 aliphatic carbocycles. The number of hydrogen-bond donors (Lipinski definition) is 1. The Bertz CT molecular complexity index is 1080. The van der Waals surface area contributed by atoms with Crippen LogP contribution in [0.3, 0.4) is 0 Å². The first-order chi connectivity index (χ1) is 14.9. The van der Waals surface area contributed by atoms with Crippen LogP contribution in [0.1, 0.15) is 11.4 Å². The first-order valence-corrected chi connectivity index (χ1v) is 11.3. The van der Waals surface area contributed by atoms with E-state index in [9.17, 15) is 4.79 Å². The van der Waals surface area contributed by atoms with E-state index >= 15 is 0 Å². The zero-order valence-corrected chi connectivity index (χ0v) is 19.7. The molecule has 162 valence electrons. The van der Waals surface area contributed by atoms with E-state index in [1.165, 1.54) is 11.8 Å². The maximum Gasteiger partial charge on any atom is 0.234 e. The van der Waals surface area contributed by atoms with Gasteiger partial charge in [0, 0.05) is 11.6 Å². The van der Waals surface area contributed by atoms with Gasteiger partial charge in [0.15, 0.2) is 11.0 Å². The Balaban J connectivity index is 1.65. The number of aryl methyl sites for hydroxylation is 1. The number of halogens is 3. The molecule has 3 aromatic rings. The lowest BCUT2D eigenvalue weighted by molar-refractivity contribution is -0.113. The van der Waals surface area contributed by atoms with Crippen molar-refractivity contribution in [2.75, 3.05) is 11.1 Å². The number of allylic oxidation sites excluding steroid dienone is 1. The van der Waals surface area contributed by atoms with Crippen LogP contribution in [0.4, 0.5) is 5.69 Å². The topological polar surface area (TPSA) is 69.0 Å². The van der Waals surface area contributed by atoms with Crippen molar-refractivity contribution in [3.8, 4) is 5.75 Å². The Kier molecular flexibility index (Phi) is 8.26. The third kappa shape index (κ3) is 6.17. The van der Waals surface area contributed by atoms with Gasteiger partial charge in [-0.1, -0.05) is 58.7 Å². The number of rotatable bonds is 9. The normalized spacial score (nSPS) is 10.7. The summed E-state index contributed by atoms with van der Waals surface area (Å²) in [5.41, 5.74) is 1.31. The largest absolute Gasteiger partial charge is 0.485 e. The van der Waals surface area contributed by atoms with Crippen molar-refractivity contribution in [3.63, 3.8) is 0 Å². The molecule has 0 spiro atoms. The molecule has 3 rings (SSSR count). The van der Waals surface area contributed by atoms with Gasteiger partial charge in [0.1, 0.15) is 12.4 Å². The molecule has 6 nitrogen and oxygen atoms in total. The van der Waals surface area contributed by atoms with Crippen LogP contribution in [0.25, 0.3) is 0 Å². The average molecular weight is 498 g/mol. The molecule has 0 saturated carbocycles. The maximum absolute atomic E-state index is 12.4. The van der Waals surface area contributed by atoms with E-state index in [0.717, 1.165) is 5.56 Å². The zero-order valence-electron chi connectivity index (χ0n) is 16.6. The third-order valence-corrected chi connectivity index (χ3v) is 5.99. The number of hydrogen-bond acceptors (Lipinski definition) is 5. The van der Waals surface area contributed by atoms with Crippen LogP contribution in [-0.2, 0) is 17.9 Å². The maximum atomic E-state index is 12.4. The summed E-state index contributed by atoms with van der Waals surface area (Å²) in [7, 11) is 0. The molecule has 0 unspecified atom stereocenters. The second-order valence-corrected chi connectivity index (χ2v) is 8.62. The molecule has 0 bridgehead atoms. The van der Waals surface area contributed by atoms with Crippen molar-refractivity contribution in [2.24, 2.45) is 0 Å². The minimum atomic E-state index is -0.261. The first kappa shape index (κ1) is 23.5. The number of amides is 1. The van der Waals surface area contributed by atoms with Crippen LogP contribution in [0.5, 0.6) is 5.75 Å². The summed E-state index contributed by atoms with van der Waals surface area (Å²) in [6, 6.07) is 10.4. The van der Waals surface area contributed by atoms with Crippen LogP contribution >= 0.6 is 46.6 Å². The number of carbonyl (C=O) groups excluding carboxylic acids is 1. The lowest BCUT2D eigenvalue weighted by Crippen LogP contribution is -2.15. The number of nitrogens with one attached hydrogen (secondary N) is 1. The SMILES string of the molecule is C=CCn1c(COc2ccc(Cl)cc2C)nnc1SCC(=O)Nc1c(Cl)cccc1Cl. The number of carbonyl (C=O) groups is 1. The van der Waals surface area contributed by atoms with Crippen molar-refractivity contribution in [3.05, 3.63) is 75.5 Å². The van der Waals surface area contributed by atoms with E-state index in [4.69, 9.17) is 39.5 Å². The molecule has 1 N–H and O–H groups in total. The second-order valence-electron chi connectivity index (χ2n) is 6.43. The molecule has 0 aliphatic heterocycles. The fourth-order valence-electron chi connectivity index (χ4n) is 2.68. The quantitative estimate of drug-likeness (QED) is 0.288. The standard InChI is InChI=1S/C21H19Cl3N4O2S/c1-3-9-28-18(11-30-17-8-7-14(22)10-13(17)2)26-27-21(28)31-12-19(29)25-20-15(23)5-4-6-16(20)24/h3-8,10H,1,9,11-12H2,2H3,(H,25,29). The molecular weight excluding hydrogens is 479 g/mol. The molecular formula is C21H19Cl3N4O2S. The van der Waals surface area contributed by atoms with E-state index in [1.54, 1.807) is 30.3 Å². The van der Waals surface area contributed by atoms with Crippen LogP contribution in [0.15, 0.2) is 54.2 Å². The number of anilines is 1. The molecule has 2 aromatic carbocycles. The number of aromatic nitrogens is 3. The van der Waals surface area contributed by atoms with Crippen molar-refractivity contribution < 1.29 is 9.53 Å². The number of para-hydroxylation sites is 1. The molecule has 1 heterocycles. The van der Waals surface area contributed by atoms with Gasteiger partial charge in [0.05, 0.1) is 21.5 Å². The Morgan fingerprint density at radius 3 is 2.65 bits per heavy atom. The van der Waals surface area contributed by atoms with E-state index < -0.39 is 0 Å². The highest BCUT2D eigenvalue weighted by Gasteiger charge is 2.16. The smallest absolute Gasteiger partial charge is 0.234 e. The van der Waals surface area contributed by atoms with Gasteiger partial charge in [0.25, 0.3) is 0 Å². The third-order valence-electron chi connectivity index (χ3n) is 4.16. The van der Waals surface area contributed by atoms with Crippen molar-refractivity contribution >= 4 is 58.2 Å². The highest BCUT2D eigenvalue weighted by atomic mass is 35.5. The average Bonchev–Trinajstić information content (AvgIpc) is 3.10. The van der Waals surface area contributed by atoms with Crippen molar-refractivity contribution in [2.45, 2.75) is 25.2 Å². The van der Waals surface area contributed by atoms with Gasteiger partial charge in [-0.3, -0.25) is 9.36 Å². The van der Waals surface area contributed by atoms with E-state index in [-0.39, 0.29) is 18.3 Å². The minimum absolute atomic E-state index is 0.105. The molecule has 10 heteroatoms. The summed E-state index contributed by atoms with van der Waals surface area (Å²) in [5, 5.41) is 13.1. The Morgan fingerprint density at radius 2 is 1.97 bits per heavy atom. The molecule has 0 aliphatic rings. The highest BCUT2D eigenvalue weighted by molar-refractivity contribution is 7.99. The molecule has 0 atom stereocenters. The predicted octanol–water partition coefficient (Wildman–Crippen LogP) is 6.04. The monoisotopic (exact) mass is 496 g/mol. The lowest BCUT2D eigenvalue weighted by Gasteiger charge is -2.11.